The molecule has 116 valence electrons. The number of hydrogen-bond donors (Lipinski definition) is 1. The summed E-state index contributed by atoms with van der Waals surface area (Å²) in [6.07, 6.45) is 6.89. The van der Waals surface area contributed by atoms with Crippen LogP contribution in [0.4, 0.5) is 0 Å². The summed E-state index contributed by atoms with van der Waals surface area (Å²) in [7, 11) is 0. The van der Waals surface area contributed by atoms with Gasteiger partial charge in [0.1, 0.15) is 5.75 Å². The van der Waals surface area contributed by atoms with E-state index < -0.39 is 5.97 Å². The SMILES string of the molecule is Cc1ccc(OCC(=O)O)c(-c2ccn(C3CCCC3)n2)c1. The number of carbonyl (C=O) groups is 1. The highest BCUT2D eigenvalue weighted by Crippen LogP contribution is 2.33. The fourth-order valence-electron chi connectivity index (χ4n) is 2.96. The Hall–Kier alpha value is -2.30. The van der Waals surface area contributed by atoms with Crippen LogP contribution in [0.25, 0.3) is 11.3 Å². The third kappa shape index (κ3) is 3.13. The second kappa shape index (κ2) is 6.22. The van der Waals surface area contributed by atoms with E-state index in [-0.39, 0.29) is 6.61 Å². The number of aliphatic carboxylic acids is 1. The van der Waals surface area contributed by atoms with Crippen LogP contribution in [-0.4, -0.2) is 27.5 Å². The standard InChI is InChI=1S/C17H20N2O3/c1-12-6-7-16(22-11-17(20)21)14(10-12)15-8-9-19(18-15)13-4-2-3-5-13/h6-10,13H,2-5,11H2,1H3,(H,20,21). The molecule has 0 spiro atoms. The van der Waals surface area contributed by atoms with Crippen LogP contribution < -0.4 is 4.74 Å². The van der Waals surface area contributed by atoms with Gasteiger partial charge in [0.05, 0.1) is 11.7 Å². The molecule has 5 heteroatoms. The molecule has 2 aromatic rings. The van der Waals surface area contributed by atoms with E-state index in [2.05, 4.69) is 5.10 Å². The summed E-state index contributed by atoms with van der Waals surface area (Å²) in [5, 5.41) is 13.5. The minimum Gasteiger partial charge on any atom is -0.481 e. The fourth-order valence-corrected chi connectivity index (χ4v) is 2.96. The predicted octanol–water partition coefficient (Wildman–Crippen LogP) is 3.44. The van der Waals surface area contributed by atoms with Crippen LogP contribution in [0.5, 0.6) is 5.75 Å². The number of rotatable bonds is 5. The Balaban J connectivity index is 1.89. The van der Waals surface area contributed by atoms with Crippen molar-refractivity contribution in [2.75, 3.05) is 6.61 Å². The third-order valence-electron chi connectivity index (χ3n) is 4.07. The van der Waals surface area contributed by atoms with Gasteiger partial charge in [-0.05, 0) is 38.0 Å². The molecule has 0 atom stereocenters. The van der Waals surface area contributed by atoms with Gasteiger partial charge in [0.2, 0.25) is 0 Å². The average Bonchev–Trinajstić information content (AvgIpc) is 3.16. The van der Waals surface area contributed by atoms with Gasteiger partial charge in [-0.1, -0.05) is 24.5 Å². The Kier molecular flexibility index (Phi) is 4.13. The van der Waals surface area contributed by atoms with Gasteiger partial charge < -0.3 is 9.84 Å². The molecule has 0 saturated heterocycles. The van der Waals surface area contributed by atoms with Crippen molar-refractivity contribution >= 4 is 5.97 Å². The fraction of sp³-hybridized carbons (Fsp3) is 0.412. The lowest BCUT2D eigenvalue weighted by Crippen LogP contribution is -2.10. The van der Waals surface area contributed by atoms with E-state index in [0.29, 0.717) is 11.8 Å². The topological polar surface area (TPSA) is 64.3 Å². The van der Waals surface area contributed by atoms with Crippen molar-refractivity contribution < 1.29 is 14.6 Å². The van der Waals surface area contributed by atoms with Gasteiger partial charge in [0, 0.05) is 11.8 Å². The van der Waals surface area contributed by atoms with E-state index in [4.69, 9.17) is 9.84 Å². The Bertz CT molecular complexity index is 672. The predicted molar refractivity (Wildman–Crippen MR) is 83.0 cm³/mol. The normalized spacial score (nSPS) is 15.1. The molecule has 0 bridgehead atoms. The molecule has 3 rings (SSSR count). The number of ether oxygens (including phenoxy) is 1. The van der Waals surface area contributed by atoms with Gasteiger partial charge in [-0.15, -0.1) is 0 Å². The second-order valence-electron chi connectivity index (χ2n) is 5.80. The Labute approximate surface area is 129 Å². The van der Waals surface area contributed by atoms with Crippen LogP contribution in [0.15, 0.2) is 30.5 Å². The minimum absolute atomic E-state index is 0.348. The summed E-state index contributed by atoms with van der Waals surface area (Å²) in [6.45, 7) is 1.65. The number of hydrogen-bond acceptors (Lipinski definition) is 3. The summed E-state index contributed by atoms with van der Waals surface area (Å²) in [5.41, 5.74) is 2.77. The zero-order valence-corrected chi connectivity index (χ0v) is 12.7. The van der Waals surface area contributed by atoms with Gasteiger partial charge >= 0.3 is 5.97 Å². The average molecular weight is 300 g/mol. The number of carboxylic acid groups (broad SMARTS) is 1. The number of benzene rings is 1. The van der Waals surface area contributed by atoms with Gasteiger partial charge in [-0.25, -0.2) is 4.79 Å². The molecule has 0 amide bonds. The van der Waals surface area contributed by atoms with E-state index in [1.54, 1.807) is 0 Å². The summed E-state index contributed by atoms with van der Waals surface area (Å²) < 4.78 is 7.43. The van der Waals surface area contributed by atoms with Crippen molar-refractivity contribution in [1.82, 2.24) is 9.78 Å². The largest absolute Gasteiger partial charge is 0.481 e. The zero-order valence-electron chi connectivity index (χ0n) is 12.7. The molecular formula is C17H20N2O3. The second-order valence-corrected chi connectivity index (χ2v) is 5.80. The van der Waals surface area contributed by atoms with Gasteiger partial charge in [0.15, 0.2) is 6.61 Å². The zero-order chi connectivity index (χ0) is 15.5. The third-order valence-corrected chi connectivity index (χ3v) is 4.07. The Morgan fingerprint density at radius 3 is 2.86 bits per heavy atom. The van der Waals surface area contributed by atoms with Crippen molar-refractivity contribution in [2.45, 2.75) is 38.6 Å². The van der Waals surface area contributed by atoms with Crippen LogP contribution in [0.2, 0.25) is 0 Å². The van der Waals surface area contributed by atoms with Crippen molar-refractivity contribution in [1.29, 1.82) is 0 Å². The quantitative estimate of drug-likeness (QED) is 0.918. The van der Waals surface area contributed by atoms with E-state index in [9.17, 15) is 4.79 Å². The van der Waals surface area contributed by atoms with Gasteiger partial charge in [-0.2, -0.15) is 5.10 Å². The van der Waals surface area contributed by atoms with Crippen LogP contribution in [0, 0.1) is 6.92 Å². The number of nitrogens with zero attached hydrogens (tertiary/aromatic N) is 2. The maximum Gasteiger partial charge on any atom is 0.341 e. The highest BCUT2D eigenvalue weighted by molar-refractivity contribution is 5.71. The number of carboxylic acids is 1. The van der Waals surface area contributed by atoms with Crippen LogP contribution >= 0.6 is 0 Å². The number of aromatic nitrogens is 2. The molecule has 1 fully saturated rings. The molecule has 1 aromatic carbocycles. The molecule has 1 saturated carbocycles. The van der Waals surface area contributed by atoms with Gasteiger partial charge in [0.25, 0.3) is 0 Å². The molecule has 1 aliphatic carbocycles. The van der Waals surface area contributed by atoms with Crippen molar-refractivity contribution in [3.8, 4) is 17.0 Å². The van der Waals surface area contributed by atoms with Crippen molar-refractivity contribution in [3.05, 3.63) is 36.0 Å². The lowest BCUT2D eigenvalue weighted by Gasteiger charge is -2.11. The first-order valence-corrected chi connectivity index (χ1v) is 7.64. The monoisotopic (exact) mass is 300 g/mol. The maximum atomic E-state index is 10.7. The molecule has 0 aliphatic heterocycles. The maximum absolute atomic E-state index is 10.7. The summed E-state index contributed by atoms with van der Waals surface area (Å²) in [5.74, 6) is -0.423. The first-order chi connectivity index (χ1) is 10.6. The highest BCUT2D eigenvalue weighted by Gasteiger charge is 2.19. The first-order valence-electron chi connectivity index (χ1n) is 7.64. The molecule has 22 heavy (non-hydrogen) atoms. The lowest BCUT2D eigenvalue weighted by atomic mass is 10.1. The smallest absolute Gasteiger partial charge is 0.341 e. The van der Waals surface area contributed by atoms with Crippen LogP contribution in [-0.2, 0) is 4.79 Å². The number of aryl methyl sites for hydroxylation is 1. The van der Waals surface area contributed by atoms with E-state index >= 15 is 0 Å². The molecule has 1 aromatic heterocycles. The molecule has 1 aliphatic rings. The molecular weight excluding hydrogens is 280 g/mol. The van der Waals surface area contributed by atoms with E-state index in [1.165, 1.54) is 25.7 Å². The summed E-state index contributed by atoms with van der Waals surface area (Å²) in [4.78, 5) is 10.7. The molecule has 5 nitrogen and oxygen atoms in total. The van der Waals surface area contributed by atoms with Crippen molar-refractivity contribution in [3.63, 3.8) is 0 Å². The molecule has 0 radical (unpaired) electrons. The molecule has 1 N–H and O–H groups in total. The molecule has 1 heterocycles. The van der Waals surface area contributed by atoms with Crippen LogP contribution in [0.1, 0.15) is 37.3 Å². The summed E-state index contributed by atoms with van der Waals surface area (Å²) in [6, 6.07) is 8.16. The highest BCUT2D eigenvalue weighted by atomic mass is 16.5. The first kappa shape index (κ1) is 14.6. The Morgan fingerprint density at radius 2 is 2.14 bits per heavy atom. The van der Waals surface area contributed by atoms with Crippen molar-refractivity contribution in [2.24, 2.45) is 0 Å². The minimum atomic E-state index is -0.983. The lowest BCUT2D eigenvalue weighted by molar-refractivity contribution is -0.139. The summed E-state index contributed by atoms with van der Waals surface area (Å²) >= 11 is 0. The Morgan fingerprint density at radius 1 is 1.36 bits per heavy atom. The van der Waals surface area contributed by atoms with Gasteiger partial charge in [-0.3, -0.25) is 4.68 Å². The van der Waals surface area contributed by atoms with Crippen LogP contribution in [0.3, 0.4) is 0 Å². The van der Waals surface area contributed by atoms with E-state index in [0.717, 1.165) is 16.8 Å². The molecule has 0 unspecified atom stereocenters. The van der Waals surface area contributed by atoms with E-state index in [1.807, 2.05) is 42.1 Å².